The van der Waals surface area contributed by atoms with Gasteiger partial charge < -0.3 is 5.32 Å². The molecule has 1 amide bonds. The van der Waals surface area contributed by atoms with E-state index >= 15 is 0 Å². The number of hydrogen-bond donors (Lipinski definition) is 1. The van der Waals surface area contributed by atoms with Crippen LogP contribution < -0.4 is 5.32 Å². The van der Waals surface area contributed by atoms with E-state index in [9.17, 15) is 9.59 Å². The number of thioether (sulfide) groups is 1. The monoisotopic (exact) mass is 272 g/mol. The van der Waals surface area contributed by atoms with E-state index in [1.54, 1.807) is 0 Å². The number of nitriles is 1. The Hall–Kier alpha value is -2.06. The first-order valence-corrected chi connectivity index (χ1v) is 6.66. The van der Waals surface area contributed by atoms with E-state index in [0.717, 1.165) is 5.56 Å². The molecule has 19 heavy (non-hydrogen) atoms. The van der Waals surface area contributed by atoms with Crippen molar-refractivity contribution < 1.29 is 9.59 Å². The van der Waals surface area contributed by atoms with E-state index in [4.69, 9.17) is 5.26 Å². The lowest BCUT2D eigenvalue weighted by molar-refractivity contribution is -0.119. The van der Waals surface area contributed by atoms with Crippen LogP contribution in [0.1, 0.15) is 12.5 Å². The molecular formula is C14H12N2O2S. The zero-order valence-electron chi connectivity index (χ0n) is 10.3. The van der Waals surface area contributed by atoms with E-state index in [0.29, 0.717) is 11.4 Å². The highest BCUT2D eigenvalue weighted by molar-refractivity contribution is 8.04. The van der Waals surface area contributed by atoms with Crippen LogP contribution in [-0.4, -0.2) is 16.9 Å². The maximum Gasteiger partial charge on any atom is 0.238 e. The fourth-order valence-corrected chi connectivity index (χ4v) is 2.98. The summed E-state index contributed by atoms with van der Waals surface area (Å²) in [6.45, 7) is 1.32. The molecule has 2 rings (SSSR count). The zero-order valence-corrected chi connectivity index (χ0v) is 11.2. The molecule has 0 saturated carbocycles. The molecule has 1 fully saturated rings. The minimum atomic E-state index is -0.328. The number of carbonyl (C=O) groups excluding carboxylic acids is 2. The van der Waals surface area contributed by atoms with Gasteiger partial charge in [0.15, 0.2) is 5.78 Å². The summed E-state index contributed by atoms with van der Waals surface area (Å²) < 4.78 is 0. The lowest BCUT2D eigenvalue weighted by atomic mass is 10.1. The summed E-state index contributed by atoms with van der Waals surface area (Å²) in [5, 5.41) is 11.6. The third kappa shape index (κ3) is 3.04. The van der Waals surface area contributed by atoms with E-state index in [1.807, 2.05) is 36.4 Å². The Morgan fingerprint density at radius 1 is 1.42 bits per heavy atom. The average Bonchev–Trinajstić information content (AvgIpc) is 2.72. The van der Waals surface area contributed by atoms with Crippen LogP contribution in [-0.2, 0) is 16.0 Å². The molecule has 0 aromatic heterocycles. The number of ketones is 1. The Bertz CT molecular complexity index is 587. The topological polar surface area (TPSA) is 70.0 Å². The van der Waals surface area contributed by atoms with Crippen LogP contribution >= 0.6 is 11.8 Å². The Kier molecular flexibility index (Phi) is 4.03. The highest BCUT2D eigenvalue weighted by atomic mass is 32.2. The molecule has 96 valence electrons. The normalized spacial score (nSPS) is 20.6. The van der Waals surface area contributed by atoms with Gasteiger partial charge in [0.1, 0.15) is 11.6 Å². The van der Waals surface area contributed by atoms with Crippen LogP contribution in [0.5, 0.6) is 0 Å². The van der Waals surface area contributed by atoms with Crippen molar-refractivity contribution >= 4 is 23.5 Å². The van der Waals surface area contributed by atoms with E-state index < -0.39 is 0 Å². The van der Waals surface area contributed by atoms with Gasteiger partial charge in [0.05, 0.1) is 10.3 Å². The quantitative estimate of drug-likeness (QED) is 0.672. The fourth-order valence-electron chi connectivity index (χ4n) is 1.79. The molecule has 1 aliphatic rings. The Balaban J connectivity index is 2.17. The number of allylic oxidation sites excluding steroid dienone is 1. The number of benzene rings is 1. The zero-order chi connectivity index (χ0) is 13.8. The first-order valence-electron chi connectivity index (χ1n) is 5.78. The highest BCUT2D eigenvalue weighted by Gasteiger charge is 2.31. The van der Waals surface area contributed by atoms with E-state index in [2.05, 4.69) is 5.32 Å². The van der Waals surface area contributed by atoms with Crippen LogP contribution in [0.4, 0.5) is 0 Å². The Morgan fingerprint density at radius 2 is 2.11 bits per heavy atom. The van der Waals surface area contributed by atoms with Crippen molar-refractivity contribution in [2.75, 3.05) is 0 Å². The minimum absolute atomic E-state index is 0.0221. The predicted molar refractivity (Wildman–Crippen MR) is 73.0 cm³/mol. The molecule has 1 N–H and O–H groups in total. The summed E-state index contributed by atoms with van der Waals surface area (Å²) in [6.07, 6.45) is 0.581. The van der Waals surface area contributed by atoms with Crippen molar-refractivity contribution in [2.24, 2.45) is 0 Å². The molecule has 5 heteroatoms. The summed E-state index contributed by atoms with van der Waals surface area (Å²) in [6, 6.07) is 11.5. The van der Waals surface area contributed by atoms with Gasteiger partial charge in [0.2, 0.25) is 5.91 Å². The predicted octanol–water partition coefficient (Wildman–Crippen LogP) is 1.78. The van der Waals surface area contributed by atoms with Crippen molar-refractivity contribution in [3.8, 4) is 6.07 Å². The Labute approximate surface area is 115 Å². The summed E-state index contributed by atoms with van der Waals surface area (Å²) >= 11 is 1.25. The molecular weight excluding hydrogens is 260 g/mol. The lowest BCUT2D eigenvalue weighted by Crippen LogP contribution is -2.24. The van der Waals surface area contributed by atoms with Gasteiger partial charge in [-0.05, 0) is 18.9 Å². The average molecular weight is 272 g/mol. The van der Waals surface area contributed by atoms with E-state index in [1.165, 1.54) is 18.7 Å². The van der Waals surface area contributed by atoms with Crippen LogP contribution in [0.3, 0.4) is 0 Å². The van der Waals surface area contributed by atoms with Gasteiger partial charge in [0, 0.05) is 0 Å². The van der Waals surface area contributed by atoms with Gasteiger partial charge in [-0.2, -0.15) is 5.26 Å². The molecule has 1 unspecified atom stereocenters. The molecule has 1 aromatic carbocycles. The van der Waals surface area contributed by atoms with Crippen LogP contribution in [0.2, 0.25) is 0 Å². The molecule has 1 saturated heterocycles. The molecule has 0 bridgehead atoms. The number of Topliss-reactive ketones (excluding diaryl/α,β-unsaturated/α-hetero) is 1. The first kappa shape index (κ1) is 13.4. The van der Waals surface area contributed by atoms with Gasteiger partial charge in [-0.1, -0.05) is 42.1 Å². The maximum atomic E-state index is 11.8. The van der Waals surface area contributed by atoms with Crippen molar-refractivity contribution in [3.05, 3.63) is 46.5 Å². The highest BCUT2D eigenvalue weighted by Crippen LogP contribution is 2.31. The molecule has 1 aliphatic heterocycles. The van der Waals surface area contributed by atoms with Gasteiger partial charge in [-0.3, -0.25) is 9.59 Å². The standard InChI is InChI=1S/C14H12N2O2S/c1-9(17)11(8-15)14-16-13(18)12(19-14)7-10-5-3-2-4-6-10/h2-6,12H,7H2,1H3,(H,16,18)/b14-11-. The SMILES string of the molecule is CC(=O)/C(C#N)=C1/NC(=O)C(Cc2ccccc2)S1. The third-order valence-electron chi connectivity index (χ3n) is 2.74. The second kappa shape index (κ2) is 5.72. The molecule has 1 aromatic rings. The number of nitrogens with zero attached hydrogens (tertiary/aromatic N) is 1. The molecule has 1 atom stereocenters. The number of nitrogens with one attached hydrogen (secondary N) is 1. The summed E-state index contributed by atoms with van der Waals surface area (Å²) in [5.41, 5.74) is 1.08. The smallest absolute Gasteiger partial charge is 0.238 e. The second-order valence-corrected chi connectivity index (χ2v) is 5.37. The van der Waals surface area contributed by atoms with Crippen molar-refractivity contribution in [1.82, 2.24) is 5.32 Å². The van der Waals surface area contributed by atoms with Crippen LogP contribution in [0.25, 0.3) is 0 Å². The number of rotatable bonds is 3. The summed E-state index contributed by atoms with van der Waals surface area (Å²) in [7, 11) is 0. The van der Waals surface area contributed by atoms with Gasteiger partial charge >= 0.3 is 0 Å². The van der Waals surface area contributed by atoms with Crippen molar-refractivity contribution in [3.63, 3.8) is 0 Å². The third-order valence-corrected chi connectivity index (χ3v) is 3.95. The Morgan fingerprint density at radius 3 is 2.68 bits per heavy atom. The molecule has 0 aliphatic carbocycles. The van der Waals surface area contributed by atoms with Crippen LogP contribution in [0.15, 0.2) is 40.9 Å². The van der Waals surface area contributed by atoms with Gasteiger partial charge in [0.25, 0.3) is 0 Å². The molecule has 0 radical (unpaired) electrons. The lowest BCUT2D eigenvalue weighted by Gasteiger charge is -2.04. The van der Waals surface area contributed by atoms with Gasteiger partial charge in [-0.15, -0.1) is 0 Å². The first-order chi connectivity index (χ1) is 9.11. The molecule has 1 heterocycles. The van der Waals surface area contributed by atoms with Gasteiger partial charge in [-0.25, -0.2) is 0 Å². The minimum Gasteiger partial charge on any atom is -0.318 e. The number of hydrogen-bond acceptors (Lipinski definition) is 4. The second-order valence-electron chi connectivity index (χ2n) is 4.16. The molecule has 4 nitrogen and oxygen atoms in total. The van der Waals surface area contributed by atoms with Crippen LogP contribution in [0, 0.1) is 11.3 Å². The number of amides is 1. The van der Waals surface area contributed by atoms with Crippen molar-refractivity contribution in [2.45, 2.75) is 18.6 Å². The summed E-state index contributed by atoms with van der Waals surface area (Å²) in [4.78, 5) is 23.1. The number of carbonyl (C=O) groups is 2. The maximum absolute atomic E-state index is 11.8. The fraction of sp³-hybridized carbons (Fsp3) is 0.214. The van der Waals surface area contributed by atoms with E-state index in [-0.39, 0.29) is 22.5 Å². The van der Waals surface area contributed by atoms with Crippen molar-refractivity contribution in [1.29, 1.82) is 5.26 Å². The summed E-state index contributed by atoms with van der Waals surface area (Å²) in [5.74, 6) is -0.483. The molecule has 0 spiro atoms. The largest absolute Gasteiger partial charge is 0.318 e.